The first-order chi connectivity index (χ1) is 6.76. The summed E-state index contributed by atoms with van der Waals surface area (Å²) in [5, 5.41) is 23.0. The second-order valence-electron chi connectivity index (χ2n) is 3.69. The van der Waals surface area contributed by atoms with Crippen LogP contribution in [0.3, 0.4) is 0 Å². The van der Waals surface area contributed by atoms with Crippen molar-refractivity contribution in [3.63, 3.8) is 0 Å². The molecule has 5 nitrogen and oxygen atoms in total. The van der Waals surface area contributed by atoms with E-state index in [4.69, 9.17) is 10.2 Å². The first kappa shape index (κ1) is 11.4. The lowest BCUT2D eigenvalue weighted by molar-refractivity contribution is -0.120. The molecule has 82 valence electrons. The maximum atomic E-state index is 11.2. The average Bonchev–Trinajstić information content (AvgIpc) is 3.00. The predicted molar refractivity (Wildman–Crippen MR) is 51.7 cm³/mol. The van der Waals surface area contributed by atoms with Crippen molar-refractivity contribution in [1.82, 2.24) is 10.6 Å². The highest BCUT2D eigenvalue weighted by atomic mass is 16.3. The Bertz CT molecular complexity index is 179. The van der Waals surface area contributed by atoms with E-state index in [1.54, 1.807) is 0 Å². The third-order valence-corrected chi connectivity index (χ3v) is 2.28. The van der Waals surface area contributed by atoms with Crippen LogP contribution in [0.4, 0.5) is 0 Å². The van der Waals surface area contributed by atoms with Gasteiger partial charge >= 0.3 is 0 Å². The quantitative estimate of drug-likeness (QED) is 0.403. The molecule has 0 atom stereocenters. The smallest absolute Gasteiger partial charge is 0.233 e. The molecule has 1 aliphatic carbocycles. The minimum atomic E-state index is -0.401. The number of carbonyl (C=O) groups is 1. The molecule has 1 rings (SSSR count). The SMILES string of the molecule is O=C(CNC(CO)CO)NCC1CC1. The molecule has 0 aromatic heterocycles. The molecule has 0 heterocycles. The van der Waals surface area contributed by atoms with Crippen LogP contribution in [0.2, 0.25) is 0 Å². The molecule has 5 heteroatoms. The van der Waals surface area contributed by atoms with Gasteiger partial charge in [-0.2, -0.15) is 0 Å². The molecule has 4 N–H and O–H groups in total. The number of amides is 1. The molecular weight excluding hydrogens is 184 g/mol. The van der Waals surface area contributed by atoms with Crippen LogP contribution < -0.4 is 10.6 Å². The van der Waals surface area contributed by atoms with Gasteiger partial charge in [0, 0.05) is 6.54 Å². The molecule has 0 aliphatic heterocycles. The highest BCUT2D eigenvalue weighted by Gasteiger charge is 2.21. The fourth-order valence-electron chi connectivity index (χ4n) is 1.07. The third kappa shape index (κ3) is 4.55. The van der Waals surface area contributed by atoms with Crippen LogP contribution in [-0.2, 0) is 4.79 Å². The van der Waals surface area contributed by atoms with Gasteiger partial charge in [0.05, 0.1) is 25.8 Å². The molecule has 0 spiro atoms. The number of aliphatic hydroxyl groups excluding tert-OH is 2. The van der Waals surface area contributed by atoms with Crippen molar-refractivity contribution in [3.8, 4) is 0 Å². The van der Waals surface area contributed by atoms with Crippen LogP contribution in [0, 0.1) is 5.92 Å². The van der Waals surface area contributed by atoms with Gasteiger partial charge in [0.2, 0.25) is 5.91 Å². The summed E-state index contributed by atoms with van der Waals surface area (Å²) in [6, 6.07) is -0.401. The zero-order chi connectivity index (χ0) is 10.4. The number of carbonyl (C=O) groups excluding carboxylic acids is 1. The van der Waals surface area contributed by atoms with E-state index < -0.39 is 6.04 Å². The standard InChI is InChI=1S/C9H18N2O3/c12-5-8(6-13)10-4-9(14)11-3-7-1-2-7/h7-8,10,12-13H,1-6H2,(H,11,14). The lowest BCUT2D eigenvalue weighted by Gasteiger charge is -2.12. The molecule has 1 amide bonds. The normalized spacial score (nSPS) is 15.9. The first-order valence-corrected chi connectivity index (χ1v) is 4.98. The molecule has 14 heavy (non-hydrogen) atoms. The fourth-order valence-corrected chi connectivity index (χ4v) is 1.07. The van der Waals surface area contributed by atoms with Crippen LogP contribution in [0.15, 0.2) is 0 Å². The van der Waals surface area contributed by atoms with Crippen LogP contribution in [-0.4, -0.2) is 48.5 Å². The Hall–Kier alpha value is -0.650. The Kier molecular flexibility index (Phi) is 4.86. The van der Waals surface area contributed by atoms with Gasteiger partial charge < -0.3 is 20.8 Å². The van der Waals surface area contributed by atoms with E-state index in [9.17, 15) is 4.79 Å². The largest absolute Gasteiger partial charge is 0.395 e. The van der Waals surface area contributed by atoms with E-state index in [1.807, 2.05) is 0 Å². The lowest BCUT2D eigenvalue weighted by atomic mass is 10.3. The summed E-state index contributed by atoms with van der Waals surface area (Å²) < 4.78 is 0. The summed E-state index contributed by atoms with van der Waals surface area (Å²) in [5.74, 6) is 0.592. The van der Waals surface area contributed by atoms with E-state index in [-0.39, 0.29) is 25.7 Å². The third-order valence-electron chi connectivity index (χ3n) is 2.28. The molecule has 1 saturated carbocycles. The molecule has 1 aliphatic rings. The zero-order valence-corrected chi connectivity index (χ0v) is 8.20. The highest BCUT2D eigenvalue weighted by Crippen LogP contribution is 2.27. The summed E-state index contributed by atoms with van der Waals surface area (Å²) in [5.41, 5.74) is 0. The van der Waals surface area contributed by atoms with Crippen LogP contribution in [0.5, 0.6) is 0 Å². The van der Waals surface area contributed by atoms with Gasteiger partial charge in [-0.1, -0.05) is 0 Å². The molecule has 0 aromatic rings. The topological polar surface area (TPSA) is 81.6 Å². The van der Waals surface area contributed by atoms with Gasteiger partial charge in [0.25, 0.3) is 0 Å². The molecular formula is C9H18N2O3. The van der Waals surface area contributed by atoms with Crippen molar-refractivity contribution in [2.24, 2.45) is 5.92 Å². The van der Waals surface area contributed by atoms with E-state index in [0.29, 0.717) is 5.92 Å². The second-order valence-corrected chi connectivity index (χ2v) is 3.69. The lowest BCUT2D eigenvalue weighted by Crippen LogP contribution is -2.43. The Morgan fingerprint density at radius 1 is 1.36 bits per heavy atom. The molecule has 0 saturated heterocycles. The Morgan fingerprint density at radius 2 is 2.00 bits per heavy atom. The molecule has 0 unspecified atom stereocenters. The Balaban J connectivity index is 2.00. The maximum Gasteiger partial charge on any atom is 0.233 e. The summed E-state index contributed by atoms with van der Waals surface area (Å²) in [6.07, 6.45) is 2.42. The number of aliphatic hydroxyl groups is 2. The number of rotatable bonds is 7. The van der Waals surface area contributed by atoms with Crippen molar-refractivity contribution in [1.29, 1.82) is 0 Å². The van der Waals surface area contributed by atoms with Gasteiger partial charge in [0.15, 0.2) is 0 Å². The summed E-state index contributed by atoms with van der Waals surface area (Å²) in [4.78, 5) is 11.2. The minimum absolute atomic E-state index is 0.0798. The van der Waals surface area contributed by atoms with Gasteiger partial charge in [-0.3, -0.25) is 4.79 Å². The maximum absolute atomic E-state index is 11.2. The van der Waals surface area contributed by atoms with E-state index in [0.717, 1.165) is 6.54 Å². The number of hydrogen-bond acceptors (Lipinski definition) is 4. The molecule has 0 bridgehead atoms. The van der Waals surface area contributed by atoms with Gasteiger partial charge in [-0.05, 0) is 18.8 Å². The summed E-state index contributed by atoms with van der Waals surface area (Å²) >= 11 is 0. The van der Waals surface area contributed by atoms with Crippen molar-refractivity contribution >= 4 is 5.91 Å². The van der Waals surface area contributed by atoms with Crippen molar-refractivity contribution in [2.45, 2.75) is 18.9 Å². The van der Waals surface area contributed by atoms with Gasteiger partial charge in [-0.25, -0.2) is 0 Å². The van der Waals surface area contributed by atoms with Gasteiger partial charge in [0.1, 0.15) is 0 Å². The van der Waals surface area contributed by atoms with Crippen LogP contribution >= 0.6 is 0 Å². The Labute approximate surface area is 83.5 Å². The van der Waals surface area contributed by atoms with E-state index in [1.165, 1.54) is 12.8 Å². The van der Waals surface area contributed by atoms with Crippen LogP contribution in [0.25, 0.3) is 0 Å². The Morgan fingerprint density at radius 3 is 2.50 bits per heavy atom. The van der Waals surface area contributed by atoms with E-state index >= 15 is 0 Å². The average molecular weight is 202 g/mol. The summed E-state index contributed by atoms with van der Waals surface area (Å²) in [7, 11) is 0. The van der Waals surface area contributed by atoms with Crippen molar-refractivity contribution in [3.05, 3.63) is 0 Å². The van der Waals surface area contributed by atoms with Crippen LogP contribution in [0.1, 0.15) is 12.8 Å². The number of hydrogen-bond donors (Lipinski definition) is 4. The fraction of sp³-hybridized carbons (Fsp3) is 0.889. The first-order valence-electron chi connectivity index (χ1n) is 4.98. The molecule has 0 radical (unpaired) electrons. The molecule has 0 aromatic carbocycles. The van der Waals surface area contributed by atoms with E-state index in [2.05, 4.69) is 10.6 Å². The summed E-state index contributed by atoms with van der Waals surface area (Å²) in [6.45, 7) is 0.584. The second kappa shape index (κ2) is 5.95. The molecule has 1 fully saturated rings. The predicted octanol–water partition coefficient (Wildman–Crippen LogP) is -1.54. The van der Waals surface area contributed by atoms with Crippen molar-refractivity contribution in [2.75, 3.05) is 26.3 Å². The zero-order valence-electron chi connectivity index (χ0n) is 8.20. The van der Waals surface area contributed by atoms with Gasteiger partial charge in [-0.15, -0.1) is 0 Å². The number of nitrogens with one attached hydrogen (secondary N) is 2. The highest BCUT2D eigenvalue weighted by molar-refractivity contribution is 5.78. The minimum Gasteiger partial charge on any atom is -0.395 e. The van der Waals surface area contributed by atoms with Crippen molar-refractivity contribution < 1.29 is 15.0 Å². The monoisotopic (exact) mass is 202 g/mol.